The summed E-state index contributed by atoms with van der Waals surface area (Å²) in [6.45, 7) is 0. The number of carboxylic acid groups (broad SMARTS) is 1. The summed E-state index contributed by atoms with van der Waals surface area (Å²) in [4.78, 5) is 23.3. The van der Waals surface area contributed by atoms with Gasteiger partial charge in [0.25, 0.3) is 0 Å². The summed E-state index contributed by atoms with van der Waals surface area (Å²) >= 11 is 12.4. The summed E-state index contributed by atoms with van der Waals surface area (Å²) in [5, 5.41) is 9.25. The lowest BCUT2D eigenvalue weighted by molar-refractivity contribution is -0.141. The second-order valence-corrected chi connectivity index (χ2v) is 6.39. The van der Waals surface area contributed by atoms with Crippen LogP contribution in [0.2, 0.25) is 10.0 Å². The summed E-state index contributed by atoms with van der Waals surface area (Å²) in [6.07, 6.45) is 2.81. The molecule has 0 bridgehead atoms. The fourth-order valence-electron chi connectivity index (χ4n) is 2.79. The van der Waals surface area contributed by atoms with E-state index in [1.807, 2.05) is 0 Å². The van der Waals surface area contributed by atoms with Gasteiger partial charge in [-0.1, -0.05) is 23.2 Å². The van der Waals surface area contributed by atoms with Crippen molar-refractivity contribution >= 4 is 35.0 Å². The Morgan fingerprint density at radius 1 is 1.17 bits per heavy atom. The number of hydrogen-bond donors (Lipinski definition) is 1. The lowest BCUT2D eigenvalue weighted by Crippen LogP contribution is -2.16. The molecule has 0 unspecified atom stereocenters. The average Bonchev–Trinajstić information content (AvgIpc) is 3.23. The van der Waals surface area contributed by atoms with Crippen LogP contribution >= 0.6 is 23.2 Å². The van der Waals surface area contributed by atoms with E-state index in [-0.39, 0.29) is 33.3 Å². The van der Waals surface area contributed by atoms with Crippen molar-refractivity contribution < 1.29 is 23.8 Å². The molecular weight excluding hydrogens is 355 g/mol. The van der Waals surface area contributed by atoms with Crippen LogP contribution in [0.5, 0.6) is 5.75 Å². The van der Waals surface area contributed by atoms with Gasteiger partial charge in [0.15, 0.2) is 5.76 Å². The van der Waals surface area contributed by atoms with Crippen molar-refractivity contribution in [2.75, 3.05) is 0 Å². The number of ether oxygens (including phenoxy) is 1. The zero-order chi connectivity index (χ0) is 17.3. The van der Waals surface area contributed by atoms with E-state index in [1.54, 1.807) is 18.2 Å². The fraction of sp³-hybridized carbons (Fsp3) is 0.294. The molecule has 7 heteroatoms. The SMILES string of the molecule is O=C(c1ccco1)c1ccc(O[C@H]2CC[C@H](C(=O)O)C2)c(Cl)c1Cl. The molecule has 5 nitrogen and oxygen atoms in total. The number of rotatable bonds is 5. The highest BCUT2D eigenvalue weighted by molar-refractivity contribution is 6.45. The first-order valence-corrected chi connectivity index (χ1v) is 8.18. The molecule has 0 spiro atoms. The standard InChI is InChI=1S/C17H14Cl2O5/c18-14-11(16(20)13-2-1-7-23-13)5-6-12(15(14)19)24-10-4-3-9(8-10)17(21)22/h1-2,5-7,9-10H,3-4,8H2,(H,21,22)/t9-,10-/m0/s1. The highest BCUT2D eigenvalue weighted by Crippen LogP contribution is 2.38. The van der Waals surface area contributed by atoms with Crippen LogP contribution in [0.1, 0.15) is 35.4 Å². The molecule has 126 valence electrons. The van der Waals surface area contributed by atoms with Crippen molar-refractivity contribution in [2.24, 2.45) is 5.92 Å². The Labute approximate surface area is 148 Å². The van der Waals surface area contributed by atoms with Crippen LogP contribution in [0.25, 0.3) is 0 Å². The van der Waals surface area contributed by atoms with Gasteiger partial charge in [0.2, 0.25) is 5.78 Å². The summed E-state index contributed by atoms with van der Waals surface area (Å²) in [5.41, 5.74) is 0.221. The number of furan rings is 1. The Kier molecular flexibility index (Phi) is 4.83. The molecule has 1 aliphatic carbocycles. The number of carbonyl (C=O) groups is 2. The third-order valence-electron chi connectivity index (χ3n) is 4.06. The van der Waals surface area contributed by atoms with Crippen LogP contribution < -0.4 is 4.74 Å². The van der Waals surface area contributed by atoms with Gasteiger partial charge in [0.05, 0.1) is 23.3 Å². The second-order valence-electron chi connectivity index (χ2n) is 5.63. The summed E-state index contributed by atoms with van der Waals surface area (Å²) < 4.78 is 10.9. The number of carboxylic acids is 1. The van der Waals surface area contributed by atoms with Gasteiger partial charge >= 0.3 is 5.97 Å². The van der Waals surface area contributed by atoms with E-state index in [0.717, 1.165) is 0 Å². The van der Waals surface area contributed by atoms with Gasteiger partial charge in [0.1, 0.15) is 10.8 Å². The van der Waals surface area contributed by atoms with E-state index >= 15 is 0 Å². The molecular formula is C17H14Cl2O5. The number of hydrogen-bond acceptors (Lipinski definition) is 4. The predicted molar refractivity (Wildman–Crippen MR) is 88.0 cm³/mol. The van der Waals surface area contributed by atoms with Crippen LogP contribution in [0, 0.1) is 5.92 Å². The second kappa shape index (κ2) is 6.87. The third-order valence-corrected chi connectivity index (χ3v) is 4.93. The minimum atomic E-state index is -0.815. The topological polar surface area (TPSA) is 76.7 Å². The van der Waals surface area contributed by atoms with Gasteiger partial charge in [-0.05, 0) is 43.5 Å². The van der Waals surface area contributed by atoms with Gasteiger partial charge in [-0.2, -0.15) is 0 Å². The lowest BCUT2D eigenvalue weighted by atomic mass is 10.1. The summed E-state index contributed by atoms with van der Waals surface area (Å²) in [6, 6.07) is 6.25. The number of ketones is 1. The molecule has 1 heterocycles. The quantitative estimate of drug-likeness (QED) is 0.788. The molecule has 1 saturated carbocycles. The van der Waals surface area contributed by atoms with Crippen LogP contribution in [0.15, 0.2) is 34.9 Å². The van der Waals surface area contributed by atoms with Gasteiger partial charge in [-0.25, -0.2) is 0 Å². The Morgan fingerprint density at radius 2 is 1.96 bits per heavy atom. The van der Waals surface area contributed by atoms with Crippen molar-refractivity contribution in [1.82, 2.24) is 0 Å². The average molecular weight is 369 g/mol. The maximum absolute atomic E-state index is 12.3. The van der Waals surface area contributed by atoms with Crippen molar-refractivity contribution in [3.8, 4) is 5.75 Å². The highest BCUT2D eigenvalue weighted by atomic mass is 35.5. The Morgan fingerprint density at radius 3 is 2.58 bits per heavy atom. The molecule has 1 N–H and O–H groups in total. The number of halogens is 2. The number of aliphatic carboxylic acids is 1. The number of carbonyl (C=O) groups excluding carboxylic acids is 1. The predicted octanol–water partition coefficient (Wildman–Crippen LogP) is 4.45. The van der Waals surface area contributed by atoms with Crippen molar-refractivity contribution in [3.05, 3.63) is 51.9 Å². The van der Waals surface area contributed by atoms with Crippen LogP contribution in [0.4, 0.5) is 0 Å². The number of benzene rings is 1. The minimum Gasteiger partial charge on any atom is -0.489 e. The molecule has 2 atom stereocenters. The van der Waals surface area contributed by atoms with Crippen LogP contribution in [0.3, 0.4) is 0 Å². The van der Waals surface area contributed by atoms with Gasteiger partial charge in [-0.15, -0.1) is 0 Å². The van der Waals surface area contributed by atoms with E-state index < -0.39 is 11.9 Å². The fourth-order valence-corrected chi connectivity index (χ4v) is 3.24. The molecule has 1 aromatic carbocycles. The Balaban J connectivity index is 1.78. The molecule has 0 radical (unpaired) electrons. The largest absolute Gasteiger partial charge is 0.489 e. The Bertz CT molecular complexity index is 770. The van der Waals surface area contributed by atoms with Gasteiger partial charge in [-0.3, -0.25) is 9.59 Å². The maximum Gasteiger partial charge on any atom is 0.306 e. The van der Waals surface area contributed by atoms with Crippen molar-refractivity contribution in [1.29, 1.82) is 0 Å². The van der Waals surface area contributed by atoms with Gasteiger partial charge in [0, 0.05) is 5.56 Å². The van der Waals surface area contributed by atoms with E-state index in [9.17, 15) is 9.59 Å². The van der Waals surface area contributed by atoms with Crippen LogP contribution in [-0.2, 0) is 4.79 Å². The molecule has 3 rings (SSSR count). The first-order valence-electron chi connectivity index (χ1n) is 7.43. The van der Waals surface area contributed by atoms with Gasteiger partial charge < -0.3 is 14.3 Å². The summed E-state index contributed by atoms with van der Waals surface area (Å²) in [7, 11) is 0. The van der Waals surface area contributed by atoms with E-state index in [1.165, 1.54) is 12.3 Å². The van der Waals surface area contributed by atoms with E-state index in [0.29, 0.717) is 25.0 Å². The van der Waals surface area contributed by atoms with E-state index in [4.69, 9.17) is 37.5 Å². The molecule has 1 fully saturated rings. The minimum absolute atomic E-state index is 0.0864. The lowest BCUT2D eigenvalue weighted by Gasteiger charge is -2.16. The Hall–Kier alpha value is -1.98. The molecule has 1 aromatic heterocycles. The first-order chi connectivity index (χ1) is 11.5. The monoisotopic (exact) mass is 368 g/mol. The molecule has 0 aliphatic heterocycles. The molecule has 0 amide bonds. The van der Waals surface area contributed by atoms with Crippen molar-refractivity contribution in [3.63, 3.8) is 0 Å². The highest BCUT2D eigenvalue weighted by Gasteiger charge is 2.31. The molecule has 1 aliphatic rings. The first kappa shape index (κ1) is 16.9. The smallest absolute Gasteiger partial charge is 0.306 e. The third kappa shape index (κ3) is 3.28. The van der Waals surface area contributed by atoms with Crippen LogP contribution in [-0.4, -0.2) is 23.0 Å². The molecule has 24 heavy (non-hydrogen) atoms. The molecule has 2 aromatic rings. The maximum atomic E-state index is 12.3. The van der Waals surface area contributed by atoms with Crippen molar-refractivity contribution in [2.45, 2.75) is 25.4 Å². The molecule has 0 saturated heterocycles. The zero-order valence-electron chi connectivity index (χ0n) is 12.5. The normalized spacial score (nSPS) is 20.1. The zero-order valence-corrected chi connectivity index (χ0v) is 14.0. The van der Waals surface area contributed by atoms with E-state index in [2.05, 4.69) is 0 Å². The summed E-state index contributed by atoms with van der Waals surface area (Å²) in [5.74, 6) is -1.07.